The highest BCUT2D eigenvalue weighted by Crippen LogP contribution is 2.33. The molecule has 1 aromatic carbocycles. The molecule has 19 heavy (non-hydrogen) atoms. The molecule has 0 spiro atoms. The van der Waals surface area contributed by atoms with Crippen molar-refractivity contribution in [2.45, 2.75) is 38.8 Å². The highest BCUT2D eigenvalue weighted by Gasteiger charge is 2.32. The molecule has 4 heteroatoms. The number of aliphatic hydroxyl groups is 1. The lowest BCUT2D eigenvalue weighted by Gasteiger charge is -2.37. The third-order valence-corrected chi connectivity index (χ3v) is 3.48. The Kier molecular flexibility index (Phi) is 4.43. The van der Waals surface area contributed by atoms with Crippen molar-refractivity contribution in [3.63, 3.8) is 0 Å². The van der Waals surface area contributed by atoms with Gasteiger partial charge in [-0.2, -0.15) is 0 Å². The second-order valence-electron chi connectivity index (χ2n) is 4.94. The summed E-state index contributed by atoms with van der Waals surface area (Å²) in [5, 5.41) is 9.68. The van der Waals surface area contributed by atoms with Gasteiger partial charge >= 0.3 is 6.09 Å². The molecular weight excluding hydrogens is 242 g/mol. The van der Waals surface area contributed by atoms with E-state index in [9.17, 15) is 9.90 Å². The molecule has 1 aliphatic heterocycles. The maximum absolute atomic E-state index is 12.0. The Morgan fingerprint density at radius 2 is 2.26 bits per heavy atom. The molecular formula is C15H21NO3. The molecule has 0 unspecified atom stereocenters. The van der Waals surface area contributed by atoms with Gasteiger partial charge in [0, 0.05) is 6.54 Å². The molecule has 0 saturated heterocycles. The number of nitrogens with zero attached hydrogens (tertiary/aromatic N) is 1. The van der Waals surface area contributed by atoms with Crippen LogP contribution < -0.4 is 0 Å². The zero-order valence-electron chi connectivity index (χ0n) is 11.5. The summed E-state index contributed by atoms with van der Waals surface area (Å²) in [4.78, 5) is 13.8. The van der Waals surface area contributed by atoms with Crippen LogP contribution in [0.15, 0.2) is 24.3 Å². The van der Waals surface area contributed by atoms with Crippen LogP contribution in [0.2, 0.25) is 0 Å². The Bertz CT molecular complexity index is 445. The van der Waals surface area contributed by atoms with Crippen molar-refractivity contribution in [1.29, 1.82) is 0 Å². The molecule has 4 nitrogen and oxygen atoms in total. The molecule has 0 radical (unpaired) electrons. The first-order chi connectivity index (χ1) is 9.13. The van der Waals surface area contributed by atoms with Gasteiger partial charge in [0.15, 0.2) is 0 Å². The molecule has 0 aromatic heterocycles. The molecule has 1 aliphatic rings. The molecule has 0 saturated carbocycles. The number of aliphatic hydroxyl groups excluding tert-OH is 1. The van der Waals surface area contributed by atoms with Crippen molar-refractivity contribution in [3.8, 4) is 0 Å². The highest BCUT2D eigenvalue weighted by molar-refractivity contribution is 5.69. The number of carbonyl (C=O) groups excluding carboxylic acids is 1. The van der Waals surface area contributed by atoms with Gasteiger partial charge in [-0.1, -0.05) is 24.3 Å². The van der Waals surface area contributed by atoms with E-state index in [1.807, 2.05) is 18.2 Å². The summed E-state index contributed by atoms with van der Waals surface area (Å²) >= 11 is 0. The third-order valence-electron chi connectivity index (χ3n) is 3.48. The molecule has 1 heterocycles. The fourth-order valence-corrected chi connectivity index (χ4v) is 2.65. The van der Waals surface area contributed by atoms with Crippen molar-refractivity contribution < 1.29 is 14.6 Å². The average Bonchev–Trinajstić information content (AvgIpc) is 2.38. The van der Waals surface area contributed by atoms with Crippen molar-refractivity contribution in [1.82, 2.24) is 4.90 Å². The van der Waals surface area contributed by atoms with Gasteiger partial charge in [0.05, 0.1) is 18.8 Å². The van der Waals surface area contributed by atoms with Crippen LogP contribution in [-0.4, -0.2) is 35.4 Å². The molecule has 104 valence electrons. The number of hydrogen-bond acceptors (Lipinski definition) is 3. The second kappa shape index (κ2) is 6.06. The monoisotopic (exact) mass is 263 g/mol. The molecule has 0 bridgehead atoms. The van der Waals surface area contributed by atoms with E-state index in [-0.39, 0.29) is 12.1 Å². The van der Waals surface area contributed by atoms with Crippen LogP contribution in [0.25, 0.3) is 0 Å². The maximum Gasteiger partial charge on any atom is 0.410 e. The molecule has 1 amide bonds. The molecule has 0 aliphatic carbocycles. The lowest BCUT2D eigenvalue weighted by Crippen LogP contribution is -2.41. The second-order valence-corrected chi connectivity index (χ2v) is 4.94. The minimum Gasteiger partial charge on any atom is -0.450 e. The van der Waals surface area contributed by atoms with Crippen molar-refractivity contribution in [2.75, 3.05) is 13.2 Å². The largest absolute Gasteiger partial charge is 0.450 e. The van der Waals surface area contributed by atoms with Gasteiger partial charge < -0.3 is 14.7 Å². The fourth-order valence-electron chi connectivity index (χ4n) is 2.65. The van der Waals surface area contributed by atoms with E-state index in [2.05, 4.69) is 6.07 Å². The van der Waals surface area contributed by atoms with Crippen molar-refractivity contribution in [2.24, 2.45) is 0 Å². The van der Waals surface area contributed by atoms with Gasteiger partial charge in [0.2, 0.25) is 0 Å². The van der Waals surface area contributed by atoms with Crippen LogP contribution >= 0.6 is 0 Å². The SMILES string of the molecule is CCOC(=O)N1CCc2ccccc2[C@@H]1C[C@@H](C)O. The molecule has 1 aromatic rings. The molecule has 2 atom stereocenters. The number of rotatable bonds is 3. The number of ether oxygens (including phenoxy) is 1. The topological polar surface area (TPSA) is 49.8 Å². The average molecular weight is 263 g/mol. The molecule has 2 rings (SSSR count). The van der Waals surface area contributed by atoms with E-state index in [0.717, 1.165) is 12.0 Å². The Hall–Kier alpha value is -1.55. The molecule has 1 N–H and O–H groups in total. The van der Waals surface area contributed by atoms with E-state index in [0.29, 0.717) is 19.6 Å². The zero-order valence-corrected chi connectivity index (χ0v) is 11.5. The van der Waals surface area contributed by atoms with Gasteiger partial charge in [-0.05, 0) is 37.8 Å². The van der Waals surface area contributed by atoms with Gasteiger partial charge in [-0.25, -0.2) is 4.79 Å². The van der Waals surface area contributed by atoms with Gasteiger partial charge in [-0.15, -0.1) is 0 Å². The van der Waals surface area contributed by atoms with Crippen LogP contribution in [0.5, 0.6) is 0 Å². The smallest absolute Gasteiger partial charge is 0.410 e. The summed E-state index contributed by atoms with van der Waals surface area (Å²) in [5.41, 5.74) is 2.39. The lowest BCUT2D eigenvalue weighted by molar-refractivity contribution is 0.0685. The quantitative estimate of drug-likeness (QED) is 0.911. The predicted octanol–water partition coefficient (Wildman–Crippen LogP) is 2.51. The Labute approximate surface area is 114 Å². The summed E-state index contributed by atoms with van der Waals surface area (Å²) in [6.45, 7) is 4.58. The highest BCUT2D eigenvalue weighted by atomic mass is 16.6. The lowest BCUT2D eigenvalue weighted by atomic mass is 9.90. The van der Waals surface area contributed by atoms with Gasteiger partial charge in [-0.3, -0.25) is 0 Å². The normalized spacial score (nSPS) is 19.7. The van der Waals surface area contributed by atoms with Crippen LogP contribution in [0.3, 0.4) is 0 Å². The van der Waals surface area contributed by atoms with Crippen LogP contribution in [-0.2, 0) is 11.2 Å². The van der Waals surface area contributed by atoms with E-state index in [4.69, 9.17) is 4.74 Å². The van der Waals surface area contributed by atoms with Gasteiger partial charge in [0.1, 0.15) is 0 Å². The Morgan fingerprint density at radius 3 is 2.95 bits per heavy atom. The summed E-state index contributed by atoms with van der Waals surface area (Å²) in [5.74, 6) is 0. The summed E-state index contributed by atoms with van der Waals surface area (Å²) in [6.07, 6.45) is 0.636. The first-order valence-electron chi connectivity index (χ1n) is 6.82. The summed E-state index contributed by atoms with van der Waals surface area (Å²) < 4.78 is 5.11. The van der Waals surface area contributed by atoms with E-state index >= 15 is 0 Å². The minimum absolute atomic E-state index is 0.0935. The molecule has 0 fully saturated rings. The van der Waals surface area contributed by atoms with Crippen molar-refractivity contribution in [3.05, 3.63) is 35.4 Å². The van der Waals surface area contributed by atoms with E-state index in [1.54, 1.807) is 18.7 Å². The van der Waals surface area contributed by atoms with Crippen LogP contribution in [0.4, 0.5) is 4.79 Å². The maximum atomic E-state index is 12.0. The number of amides is 1. The number of hydrogen-bond donors (Lipinski definition) is 1. The number of fused-ring (bicyclic) bond motifs is 1. The van der Waals surface area contributed by atoms with E-state index in [1.165, 1.54) is 5.56 Å². The minimum atomic E-state index is -0.451. The standard InChI is InChI=1S/C15H21NO3/c1-3-19-15(18)16-9-8-12-6-4-5-7-13(12)14(16)10-11(2)17/h4-7,11,14,17H,3,8-10H2,1-2H3/t11-,14+/m1/s1. The first kappa shape index (κ1) is 13.9. The van der Waals surface area contributed by atoms with Crippen molar-refractivity contribution >= 4 is 6.09 Å². The fraction of sp³-hybridized carbons (Fsp3) is 0.533. The first-order valence-corrected chi connectivity index (χ1v) is 6.82. The Balaban J connectivity index is 2.28. The third kappa shape index (κ3) is 3.07. The zero-order chi connectivity index (χ0) is 13.8. The predicted molar refractivity (Wildman–Crippen MR) is 72.9 cm³/mol. The van der Waals surface area contributed by atoms with Crippen LogP contribution in [0, 0.1) is 0 Å². The number of benzene rings is 1. The number of carbonyl (C=O) groups is 1. The van der Waals surface area contributed by atoms with Gasteiger partial charge in [0.25, 0.3) is 0 Å². The van der Waals surface area contributed by atoms with E-state index < -0.39 is 6.10 Å². The summed E-state index contributed by atoms with van der Waals surface area (Å²) in [7, 11) is 0. The van der Waals surface area contributed by atoms with Crippen LogP contribution in [0.1, 0.15) is 37.4 Å². The Morgan fingerprint density at radius 1 is 1.53 bits per heavy atom. The summed E-state index contributed by atoms with van der Waals surface area (Å²) in [6, 6.07) is 8.02.